The van der Waals surface area contributed by atoms with Gasteiger partial charge in [-0.15, -0.1) is 0 Å². The van der Waals surface area contributed by atoms with Crippen LogP contribution in [-0.4, -0.2) is 23.4 Å². The molecule has 1 rings (SSSR count). The molecule has 0 fully saturated rings. The molecular weight excluding hydrogens is 301 g/mol. The highest BCUT2D eigenvalue weighted by molar-refractivity contribution is 9.09. The molecule has 0 aliphatic rings. The lowest BCUT2D eigenvalue weighted by Gasteiger charge is -2.29. The van der Waals surface area contributed by atoms with Gasteiger partial charge in [0, 0.05) is 10.4 Å². The Hall–Kier alpha value is -1.10. The molecule has 5 heteroatoms. The van der Waals surface area contributed by atoms with Crippen LogP contribution in [0, 0.1) is 5.82 Å². The number of methoxy groups -OCH3 is 1. The van der Waals surface area contributed by atoms with E-state index in [1.165, 1.54) is 19.2 Å². The number of nitrogens with one attached hydrogen (secondary N) is 1. The predicted molar refractivity (Wildman–Crippen MR) is 72.9 cm³/mol. The highest BCUT2D eigenvalue weighted by Crippen LogP contribution is 2.23. The maximum absolute atomic E-state index is 13.7. The number of carbonyl (C=O) groups excluding carboxylic acids is 1. The fraction of sp³-hybridized carbons (Fsp3) is 0.462. The molecule has 100 valence electrons. The normalized spacial score (nSPS) is 13.0. The van der Waals surface area contributed by atoms with E-state index in [2.05, 4.69) is 21.2 Å². The molecule has 0 aromatic heterocycles. The smallest absolute Gasteiger partial charge is 0.258 e. The lowest BCUT2D eigenvalue weighted by Crippen LogP contribution is -2.49. The Morgan fingerprint density at radius 2 is 2.11 bits per heavy atom. The lowest BCUT2D eigenvalue weighted by atomic mass is 10.0. The molecular formula is C13H17BrFNO2. The average Bonchev–Trinajstić information content (AvgIpc) is 2.27. The monoisotopic (exact) mass is 317 g/mol. The van der Waals surface area contributed by atoms with E-state index in [4.69, 9.17) is 4.74 Å². The second-order valence-corrected chi connectivity index (χ2v) is 5.98. The summed E-state index contributed by atoms with van der Waals surface area (Å²) in [6, 6.07) is 4.30. The van der Waals surface area contributed by atoms with Gasteiger partial charge in [0.05, 0.1) is 7.11 Å². The summed E-state index contributed by atoms with van der Waals surface area (Å²) in [7, 11) is 1.41. The van der Waals surface area contributed by atoms with Crippen molar-refractivity contribution in [1.29, 1.82) is 0 Å². The third-order valence-corrected chi connectivity index (χ3v) is 4.00. The third kappa shape index (κ3) is 3.22. The number of halogens is 2. The maximum Gasteiger partial charge on any atom is 0.258 e. The number of benzene rings is 1. The molecule has 1 aromatic rings. The SMILES string of the molecule is COc1cccc(F)c1C(=O)NC(C)(C)C(C)Br. The Labute approximate surface area is 115 Å². The average molecular weight is 318 g/mol. The second-order valence-electron chi connectivity index (χ2n) is 4.61. The van der Waals surface area contributed by atoms with Crippen LogP contribution >= 0.6 is 15.9 Å². The van der Waals surface area contributed by atoms with Gasteiger partial charge in [-0.25, -0.2) is 4.39 Å². The molecule has 0 aliphatic carbocycles. The van der Waals surface area contributed by atoms with Crippen molar-refractivity contribution in [3.63, 3.8) is 0 Å². The van der Waals surface area contributed by atoms with Crippen LogP contribution in [0.3, 0.4) is 0 Å². The van der Waals surface area contributed by atoms with Crippen LogP contribution in [0.5, 0.6) is 5.75 Å². The Balaban J connectivity index is 3.05. The first-order valence-electron chi connectivity index (χ1n) is 5.58. The lowest BCUT2D eigenvalue weighted by molar-refractivity contribution is 0.0906. The molecule has 1 amide bonds. The van der Waals surface area contributed by atoms with E-state index >= 15 is 0 Å². The number of alkyl halides is 1. The van der Waals surface area contributed by atoms with Crippen molar-refractivity contribution in [2.45, 2.75) is 31.1 Å². The number of ether oxygens (including phenoxy) is 1. The first-order valence-corrected chi connectivity index (χ1v) is 6.50. The fourth-order valence-electron chi connectivity index (χ4n) is 1.35. The molecule has 0 saturated carbocycles. The van der Waals surface area contributed by atoms with E-state index in [0.717, 1.165) is 0 Å². The van der Waals surface area contributed by atoms with Gasteiger partial charge in [-0.3, -0.25) is 4.79 Å². The molecule has 0 spiro atoms. The first-order chi connectivity index (χ1) is 8.29. The summed E-state index contributed by atoms with van der Waals surface area (Å²) in [5.41, 5.74) is -0.564. The van der Waals surface area contributed by atoms with E-state index in [1.807, 2.05) is 20.8 Å². The predicted octanol–water partition coefficient (Wildman–Crippen LogP) is 3.13. The minimum atomic E-state index is -0.593. The quantitative estimate of drug-likeness (QED) is 0.866. The van der Waals surface area contributed by atoms with E-state index in [9.17, 15) is 9.18 Å². The van der Waals surface area contributed by atoms with Crippen molar-refractivity contribution in [2.75, 3.05) is 7.11 Å². The van der Waals surface area contributed by atoms with Gasteiger partial charge in [0.1, 0.15) is 17.1 Å². The molecule has 0 heterocycles. The third-order valence-electron chi connectivity index (χ3n) is 2.85. The standard InChI is InChI=1S/C13H17BrFNO2/c1-8(14)13(2,3)16-12(17)11-9(15)6-5-7-10(11)18-4/h5-8H,1-4H3,(H,16,17). The maximum atomic E-state index is 13.7. The minimum absolute atomic E-state index is 0.0479. The Kier molecular flexibility index (Phi) is 4.73. The zero-order chi connectivity index (χ0) is 13.9. The number of amides is 1. The molecule has 3 nitrogen and oxygen atoms in total. The molecule has 0 radical (unpaired) electrons. The van der Waals surface area contributed by atoms with Gasteiger partial charge in [-0.1, -0.05) is 28.9 Å². The Bertz CT molecular complexity index is 447. The second kappa shape index (κ2) is 5.69. The summed E-state index contributed by atoms with van der Waals surface area (Å²) < 4.78 is 18.7. The fourth-order valence-corrected chi connectivity index (χ4v) is 1.46. The van der Waals surface area contributed by atoms with Crippen molar-refractivity contribution < 1.29 is 13.9 Å². The summed E-state index contributed by atoms with van der Waals surface area (Å²) in [4.78, 5) is 12.2. The van der Waals surface area contributed by atoms with E-state index in [-0.39, 0.29) is 16.1 Å². The molecule has 0 aliphatic heterocycles. The number of hydrogen-bond acceptors (Lipinski definition) is 2. The highest BCUT2D eigenvalue weighted by atomic mass is 79.9. The summed E-state index contributed by atoms with van der Waals surface area (Å²) in [6.07, 6.45) is 0. The number of hydrogen-bond donors (Lipinski definition) is 1. The Morgan fingerprint density at radius 3 is 2.61 bits per heavy atom. The Morgan fingerprint density at radius 1 is 1.50 bits per heavy atom. The van der Waals surface area contributed by atoms with E-state index in [1.54, 1.807) is 6.07 Å². The van der Waals surface area contributed by atoms with Gasteiger partial charge >= 0.3 is 0 Å². The van der Waals surface area contributed by atoms with E-state index in [0.29, 0.717) is 0 Å². The van der Waals surface area contributed by atoms with Gasteiger partial charge in [0.25, 0.3) is 5.91 Å². The van der Waals surface area contributed by atoms with Crippen molar-refractivity contribution in [3.8, 4) is 5.75 Å². The molecule has 1 atom stereocenters. The zero-order valence-corrected chi connectivity index (χ0v) is 12.5. The van der Waals surface area contributed by atoms with Gasteiger partial charge < -0.3 is 10.1 Å². The van der Waals surface area contributed by atoms with Crippen LogP contribution in [-0.2, 0) is 0 Å². The van der Waals surface area contributed by atoms with Gasteiger partial charge in [0.2, 0.25) is 0 Å². The van der Waals surface area contributed by atoms with Crippen LogP contribution < -0.4 is 10.1 Å². The van der Waals surface area contributed by atoms with Gasteiger partial charge in [-0.2, -0.15) is 0 Å². The van der Waals surface area contributed by atoms with Crippen molar-refractivity contribution in [1.82, 2.24) is 5.32 Å². The van der Waals surface area contributed by atoms with Crippen LogP contribution in [0.2, 0.25) is 0 Å². The van der Waals surface area contributed by atoms with Crippen molar-refractivity contribution >= 4 is 21.8 Å². The number of carbonyl (C=O) groups is 1. The molecule has 1 N–H and O–H groups in total. The van der Waals surface area contributed by atoms with E-state index < -0.39 is 17.3 Å². The van der Waals surface area contributed by atoms with Crippen LogP contribution in [0.25, 0.3) is 0 Å². The zero-order valence-electron chi connectivity index (χ0n) is 10.9. The molecule has 1 unspecified atom stereocenters. The van der Waals surface area contributed by atoms with Crippen LogP contribution in [0.15, 0.2) is 18.2 Å². The summed E-state index contributed by atoms with van der Waals surface area (Å²) in [5.74, 6) is -0.850. The van der Waals surface area contributed by atoms with Gasteiger partial charge in [0.15, 0.2) is 0 Å². The molecule has 18 heavy (non-hydrogen) atoms. The van der Waals surface area contributed by atoms with Crippen LogP contribution in [0.1, 0.15) is 31.1 Å². The van der Waals surface area contributed by atoms with Crippen LogP contribution in [0.4, 0.5) is 4.39 Å². The topological polar surface area (TPSA) is 38.3 Å². The largest absolute Gasteiger partial charge is 0.496 e. The summed E-state index contributed by atoms with van der Waals surface area (Å²) in [5, 5.41) is 2.78. The molecule has 0 bridgehead atoms. The first kappa shape index (κ1) is 15.0. The summed E-state index contributed by atoms with van der Waals surface area (Å²) in [6.45, 7) is 5.63. The molecule has 0 saturated heterocycles. The highest BCUT2D eigenvalue weighted by Gasteiger charge is 2.28. The van der Waals surface area contributed by atoms with Gasteiger partial charge in [-0.05, 0) is 26.0 Å². The summed E-state index contributed by atoms with van der Waals surface area (Å²) >= 11 is 3.41. The van der Waals surface area contributed by atoms with Crippen molar-refractivity contribution in [2.24, 2.45) is 0 Å². The van der Waals surface area contributed by atoms with Crippen molar-refractivity contribution in [3.05, 3.63) is 29.6 Å². The molecule has 1 aromatic carbocycles. The number of rotatable bonds is 4. The minimum Gasteiger partial charge on any atom is -0.496 e.